The van der Waals surface area contributed by atoms with Crippen molar-refractivity contribution in [3.8, 4) is 0 Å². The van der Waals surface area contributed by atoms with Gasteiger partial charge in [-0.1, -0.05) is 48.0 Å². The Balaban J connectivity index is 2.14. The number of hydrogen-bond acceptors (Lipinski definition) is 2. The van der Waals surface area contributed by atoms with E-state index in [-0.39, 0.29) is 5.78 Å². The van der Waals surface area contributed by atoms with Gasteiger partial charge in [-0.15, -0.1) is 0 Å². The lowest BCUT2D eigenvalue weighted by Crippen LogP contribution is -2.05. The first kappa shape index (κ1) is 12.5. The summed E-state index contributed by atoms with van der Waals surface area (Å²) < 4.78 is 0. The smallest absolute Gasteiger partial charge is 0.167 e. The zero-order valence-corrected chi connectivity index (χ0v) is 10.5. The molecule has 2 N–H and O–H groups in total. The third-order valence-corrected chi connectivity index (χ3v) is 2.97. The van der Waals surface area contributed by atoms with Gasteiger partial charge < -0.3 is 5.73 Å². The molecule has 0 spiro atoms. The third-order valence-electron chi connectivity index (χ3n) is 2.97. The van der Waals surface area contributed by atoms with Crippen molar-refractivity contribution in [3.63, 3.8) is 0 Å². The fraction of sp³-hybridized carbons (Fsp3) is 0.188. The molecule has 0 aliphatic rings. The fourth-order valence-electron chi connectivity index (χ4n) is 1.87. The Kier molecular flexibility index (Phi) is 3.90. The quantitative estimate of drug-likeness (QED) is 0.834. The highest BCUT2D eigenvalue weighted by molar-refractivity contribution is 5.97. The number of carbonyl (C=O) groups is 1. The normalized spacial score (nSPS) is 10.3. The van der Waals surface area contributed by atoms with Gasteiger partial charge in [0.2, 0.25) is 0 Å². The highest BCUT2D eigenvalue weighted by atomic mass is 16.1. The molecule has 2 aromatic rings. The largest absolute Gasteiger partial charge is 0.326 e. The molecule has 0 aliphatic carbocycles. The molecule has 0 heterocycles. The predicted octanol–water partition coefficient (Wildman–Crippen LogP) is 2.88. The van der Waals surface area contributed by atoms with E-state index in [1.54, 1.807) is 0 Å². The van der Waals surface area contributed by atoms with E-state index < -0.39 is 0 Å². The van der Waals surface area contributed by atoms with Crippen LogP contribution in [0.1, 0.15) is 27.0 Å². The van der Waals surface area contributed by atoms with E-state index >= 15 is 0 Å². The molecule has 0 fully saturated rings. The number of aryl methyl sites for hydroxylation is 1. The van der Waals surface area contributed by atoms with Crippen molar-refractivity contribution >= 4 is 5.78 Å². The Bertz CT molecular complexity index is 543. The molecule has 2 rings (SSSR count). The molecular formula is C16H17NO. The number of ketones is 1. The molecule has 18 heavy (non-hydrogen) atoms. The summed E-state index contributed by atoms with van der Waals surface area (Å²) in [6.45, 7) is 2.50. The second-order valence-corrected chi connectivity index (χ2v) is 4.49. The Morgan fingerprint density at radius 2 is 1.78 bits per heavy atom. The number of carbonyl (C=O) groups excluding carboxylic acids is 1. The minimum atomic E-state index is 0.133. The molecule has 0 unspecified atom stereocenters. The molecular weight excluding hydrogens is 222 g/mol. The van der Waals surface area contributed by atoms with E-state index in [0.717, 1.165) is 16.7 Å². The van der Waals surface area contributed by atoms with Crippen molar-refractivity contribution in [1.82, 2.24) is 0 Å². The molecule has 0 aliphatic heterocycles. The molecule has 2 heteroatoms. The Morgan fingerprint density at radius 3 is 2.44 bits per heavy atom. The summed E-state index contributed by atoms with van der Waals surface area (Å²) in [7, 11) is 0. The summed E-state index contributed by atoms with van der Waals surface area (Å²) in [6.07, 6.45) is 0.439. The van der Waals surface area contributed by atoms with Crippen LogP contribution in [0, 0.1) is 6.92 Å². The number of hydrogen-bond donors (Lipinski definition) is 1. The average Bonchev–Trinajstić information content (AvgIpc) is 2.41. The maximum Gasteiger partial charge on any atom is 0.167 e. The summed E-state index contributed by atoms with van der Waals surface area (Å²) >= 11 is 0. The number of rotatable bonds is 4. The molecule has 0 amide bonds. The second-order valence-electron chi connectivity index (χ2n) is 4.49. The molecule has 92 valence electrons. The van der Waals surface area contributed by atoms with Crippen molar-refractivity contribution in [1.29, 1.82) is 0 Å². The summed E-state index contributed by atoms with van der Waals surface area (Å²) in [6, 6.07) is 15.6. The first-order valence-electron chi connectivity index (χ1n) is 6.07. The van der Waals surface area contributed by atoms with E-state index in [4.69, 9.17) is 5.73 Å². The first-order valence-corrected chi connectivity index (χ1v) is 6.07. The molecule has 0 atom stereocenters. The van der Waals surface area contributed by atoms with Crippen LogP contribution in [0.15, 0.2) is 48.5 Å². The zero-order chi connectivity index (χ0) is 13.0. The minimum absolute atomic E-state index is 0.133. The highest BCUT2D eigenvalue weighted by Crippen LogP contribution is 2.10. The van der Waals surface area contributed by atoms with E-state index in [1.165, 1.54) is 5.56 Å². The van der Waals surface area contributed by atoms with E-state index in [9.17, 15) is 4.79 Å². The van der Waals surface area contributed by atoms with Crippen LogP contribution in [-0.4, -0.2) is 5.78 Å². The Hall–Kier alpha value is -1.93. The van der Waals surface area contributed by atoms with Crippen LogP contribution in [0.25, 0.3) is 0 Å². The van der Waals surface area contributed by atoms with E-state index in [2.05, 4.69) is 0 Å². The van der Waals surface area contributed by atoms with Gasteiger partial charge in [0.1, 0.15) is 0 Å². The van der Waals surface area contributed by atoms with Crippen molar-refractivity contribution in [2.24, 2.45) is 5.73 Å². The monoisotopic (exact) mass is 239 g/mol. The van der Waals surface area contributed by atoms with Gasteiger partial charge in [-0.3, -0.25) is 4.79 Å². The van der Waals surface area contributed by atoms with Gasteiger partial charge in [0.25, 0.3) is 0 Å². The number of benzene rings is 2. The maximum atomic E-state index is 12.1. The zero-order valence-electron chi connectivity index (χ0n) is 10.5. The Labute approximate surface area is 107 Å². The molecule has 2 aromatic carbocycles. The van der Waals surface area contributed by atoms with Crippen LogP contribution >= 0.6 is 0 Å². The SMILES string of the molecule is Cc1ccc(CC(=O)c2cccc(CN)c2)cc1. The van der Waals surface area contributed by atoms with Crippen LogP contribution in [0.2, 0.25) is 0 Å². The molecule has 0 saturated heterocycles. The van der Waals surface area contributed by atoms with Crippen molar-refractivity contribution in [3.05, 3.63) is 70.8 Å². The van der Waals surface area contributed by atoms with Crippen LogP contribution in [0.5, 0.6) is 0 Å². The third kappa shape index (κ3) is 3.05. The second kappa shape index (κ2) is 5.61. The fourth-order valence-corrected chi connectivity index (χ4v) is 1.87. The van der Waals surface area contributed by atoms with Gasteiger partial charge in [0, 0.05) is 18.5 Å². The van der Waals surface area contributed by atoms with Crippen LogP contribution in [0.4, 0.5) is 0 Å². The van der Waals surface area contributed by atoms with Crippen LogP contribution < -0.4 is 5.73 Å². The predicted molar refractivity (Wildman–Crippen MR) is 73.5 cm³/mol. The van der Waals surface area contributed by atoms with Gasteiger partial charge in [0.05, 0.1) is 0 Å². The van der Waals surface area contributed by atoms with Crippen LogP contribution in [-0.2, 0) is 13.0 Å². The lowest BCUT2D eigenvalue weighted by molar-refractivity contribution is 0.0993. The van der Waals surface area contributed by atoms with E-state index in [0.29, 0.717) is 13.0 Å². The first-order chi connectivity index (χ1) is 8.69. The molecule has 0 aromatic heterocycles. The summed E-state index contributed by atoms with van der Waals surface area (Å²) in [5.41, 5.74) is 9.55. The van der Waals surface area contributed by atoms with Gasteiger partial charge in [-0.25, -0.2) is 0 Å². The van der Waals surface area contributed by atoms with Crippen molar-refractivity contribution in [2.45, 2.75) is 19.9 Å². The highest BCUT2D eigenvalue weighted by Gasteiger charge is 2.07. The van der Waals surface area contributed by atoms with Crippen molar-refractivity contribution in [2.75, 3.05) is 0 Å². The van der Waals surface area contributed by atoms with Gasteiger partial charge >= 0.3 is 0 Å². The summed E-state index contributed by atoms with van der Waals surface area (Å²) in [4.78, 5) is 12.1. The molecule has 2 nitrogen and oxygen atoms in total. The molecule has 0 saturated carbocycles. The maximum absolute atomic E-state index is 12.1. The van der Waals surface area contributed by atoms with Crippen LogP contribution in [0.3, 0.4) is 0 Å². The topological polar surface area (TPSA) is 43.1 Å². The molecule has 0 bridgehead atoms. The Morgan fingerprint density at radius 1 is 1.06 bits per heavy atom. The van der Waals surface area contributed by atoms with E-state index in [1.807, 2.05) is 55.5 Å². The van der Waals surface area contributed by atoms with Gasteiger partial charge in [-0.05, 0) is 24.1 Å². The summed E-state index contributed by atoms with van der Waals surface area (Å²) in [5.74, 6) is 0.133. The van der Waals surface area contributed by atoms with Gasteiger partial charge in [0.15, 0.2) is 5.78 Å². The summed E-state index contributed by atoms with van der Waals surface area (Å²) in [5, 5.41) is 0. The number of Topliss-reactive ketones (excluding diaryl/α,β-unsaturated/α-hetero) is 1. The standard InChI is InChI=1S/C16H17NO/c1-12-5-7-13(8-6-12)10-16(18)15-4-2-3-14(9-15)11-17/h2-9H,10-11,17H2,1H3. The lowest BCUT2D eigenvalue weighted by atomic mass is 10.0. The minimum Gasteiger partial charge on any atom is -0.326 e. The molecule has 0 radical (unpaired) electrons. The van der Waals surface area contributed by atoms with Gasteiger partial charge in [-0.2, -0.15) is 0 Å². The average molecular weight is 239 g/mol. The number of nitrogens with two attached hydrogens (primary N) is 1. The lowest BCUT2D eigenvalue weighted by Gasteiger charge is -2.04. The van der Waals surface area contributed by atoms with Crippen molar-refractivity contribution < 1.29 is 4.79 Å².